The van der Waals surface area contributed by atoms with Crippen LogP contribution in [0.2, 0.25) is 0 Å². The Labute approximate surface area is 123 Å². The van der Waals surface area contributed by atoms with Crippen molar-refractivity contribution in [2.24, 2.45) is 0 Å². The maximum Gasteiger partial charge on any atom is 0.413 e. The Kier molecular flexibility index (Phi) is 3.91. The summed E-state index contributed by atoms with van der Waals surface area (Å²) in [5.41, 5.74) is -1.63. The van der Waals surface area contributed by atoms with E-state index in [9.17, 15) is 14.7 Å². The van der Waals surface area contributed by atoms with E-state index >= 15 is 0 Å². The monoisotopic (exact) mass is 293 g/mol. The zero-order valence-electron chi connectivity index (χ0n) is 12.3. The number of rotatable bonds is 3. The highest BCUT2D eigenvalue weighted by Gasteiger charge is 2.57. The number of hydrogen-bond donors (Lipinski definition) is 1. The highest BCUT2D eigenvalue weighted by molar-refractivity contribution is 5.85. The van der Waals surface area contributed by atoms with E-state index in [1.165, 1.54) is 6.92 Å². The minimum atomic E-state index is -1.43. The molecule has 1 N–H and O–H groups in total. The third-order valence-corrected chi connectivity index (χ3v) is 3.59. The van der Waals surface area contributed by atoms with Crippen LogP contribution in [0, 0.1) is 0 Å². The van der Waals surface area contributed by atoms with Gasteiger partial charge in [0.05, 0.1) is 6.61 Å². The molecule has 0 unspecified atom stereocenters. The van der Waals surface area contributed by atoms with Crippen molar-refractivity contribution in [1.82, 2.24) is 4.90 Å². The molecule has 1 fully saturated rings. The largest absolute Gasteiger partial charge is 0.479 e. The highest BCUT2D eigenvalue weighted by atomic mass is 16.6. The van der Waals surface area contributed by atoms with Gasteiger partial charge in [-0.1, -0.05) is 30.3 Å². The quantitative estimate of drug-likeness (QED) is 0.925. The van der Waals surface area contributed by atoms with Crippen LogP contribution >= 0.6 is 0 Å². The molecule has 1 atom stereocenters. The second kappa shape index (κ2) is 5.37. The molecule has 6 nitrogen and oxygen atoms in total. The second-order valence-electron chi connectivity index (χ2n) is 5.69. The molecule has 0 aromatic heterocycles. The maximum atomic E-state index is 12.3. The average Bonchev–Trinajstić information content (AvgIpc) is 2.69. The summed E-state index contributed by atoms with van der Waals surface area (Å²) in [5, 5.41) is 9.38. The lowest BCUT2D eigenvalue weighted by molar-refractivity contribution is -0.149. The average molecular weight is 293 g/mol. The molecule has 1 aromatic rings. The maximum absolute atomic E-state index is 12.3. The van der Waals surface area contributed by atoms with Gasteiger partial charge in [-0.15, -0.1) is 0 Å². The number of nitrogens with zero attached hydrogens (tertiary/aromatic N) is 1. The molecule has 0 spiro atoms. The molecule has 1 aromatic carbocycles. The zero-order chi connectivity index (χ0) is 15.7. The number of hydrogen-bond acceptors (Lipinski definition) is 4. The summed E-state index contributed by atoms with van der Waals surface area (Å²) in [7, 11) is 0. The van der Waals surface area contributed by atoms with E-state index in [1.807, 2.05) is 30.3 Å². The van der Waals surface area contributed by atoms with E-state index in [-0.39, 0.29) is 13.2 Å². The number of carbonyl (C=O) groups is 2. The van der Waals surface area contributed by atoms with Crippen molar-refractivity contribution in [3.8, 4) is 0 Å². The van der Waals surface area contributed by atoms with Gasteiger partial charge in [0.25, 0.3) is 0 Å². The minimum Gasteiger partial charge on any atom is -0.479 e. The first-order valence-electron chi connectivity index (χ1n) is 6.66. The molecule has 2 rings (SSSR count). The van der Waals surface area contributed by atoms with E-state index in [0.29, 0.717) is 0 Å². The molecule has 0 saturated carbocycles. The summed E-state index contributed by atoms with van der Waals surface area (Å²) in [6.07, 6.45) is -0.703. The van der Waals surface area contributed by atoms with Crippen molar-refractivity contribution in [3.63, 3.8) is 0 Å². The lowest BCUT2D eigenvalue weighted by Crippen LogP contribution is -2.58. The molecule has 1 aliphatic rings. The molecule has 0 bridgehead atoms. The van der Waals surface area contributed by atoms with E-state index in [2.05, 4.69) is 0 Å². The molecule has 1 amide bonds. The van der Waals surface area contributed by atoms with Crippen LogP contribution in [0.15, 0.2) is 30.3 Å². The number of ether oxygens (including phenoxy) is 2. The third-order valence-electron chi connectivity index (χ3n) is 3.59. The van der Waals surface area contributed by atoms with Crippen LogP contribution in [-0.2, 0) is 20.9 Å². The molecule has 1 aliphatic heterocycles. The van der Waals surface area contributed by atoms with Gasteiger partial charge in [0.2, 0.25) is 0 Å². The molecule has 6 heteroatoms. The second-order valence-corrected chi connectivity index (χ2v) is 5.69. The molecule has 1 heterocycles. The van der Waals surface area contributed by atoms with E-state index in [1.54, 1.807) is 13.8 Å². The van der Waals surface area contributed by atoms with Gasteiger partial charge < -0.3 is 14.6 Å². The first-order chi connectivity index (χ1) is 9.77. The Bertz CT molecular complexity index is 542. The summed E-state index contributed by atoms with van der Waals surface area (Å²) in [5.74, 6) is -1.12. The predicted molar refractivity (Wildman–Crippen MR) is 74.5 cm³/mol. The molecule has 114 valence electrons. The van der Waals surface area contributed by atoms with Crippen LogP contribution < -0.4 is 0 Å². The van der Waals surface area contributed by atoms with E-state index < -0.39 is 23.3 Å². The van der Waals surface area contributed by atoms with Crippen LogP contribution in [0.4, 0.5) is 4.79 Å². The molecule has 0 aliphatic carbocycles. The van der Waals surface area contributed by atoms with Gasteiger partial charge in [0, 0.05) is 0 Å². The van der Waals surface area contributed by atoms with Gasteiger partial charge in [-0.25, -0.2) is 9.59 Å². The van der Waals surface area contributed by atoms with Crippen LogP contribution in [0.5, 0.6) is 0 Å². The predicted octanol–water partition coefficient (Wildman–Crippen LogP) is 2.23. The topological polar surface area (TPSA) is 76.1 Å². The number of carbonyl (C=O) groups excluding carboxylic acids is 1. The van der Waals surface area contributed by atoms with Gasteiger partial charge in [-0.2, -0.15) is 0 Å². The summed E-state index contributed by atoms with van der Waals surface area (Å²) < 4.78 is 10.7. The van der Waals surface area contributed by atoms with Crippen LogP contribution in [0.1, 0.15) is 26.3 Å². The normalized spacial score (nSPS) is 23.9. The Morgan fingerprint density at radius 3 is 2.48 bits per heavy atom. The fourth-order valence-corrected chi connectivity index (χ4v) is 2.40. The van der Waals surface area contributed by atoms with Gasteiger partial charge in [-0.3, -0.25) is 4.90 Å². The van der Waals surface area contributed by atoms with Crippen LogP contribution in [0.3, 0.4) is 0 Å². The number of benzene rings is 1. The van der Waals surface area contributed by atoms with Crippen molar-refractivity contribution in [2.75, 3.05) is 6.61 Å². The molecular weight excluding hydrogens is 274 g/mol. The van der Waals surface area contributed by atoms with Crippen molar-refractivity contribution in [2.45, 2.75) is 38.6 Å². The Hall–Kier alpha value is -2.08. The Morgan fingerprint density at radius 2 is 1.90 bits per heavy atom. The molecule has 1 saturated heterocycles. The summed E-state index contributed by atoms with van der Waals surface area (Å²) >= 11 is 0. The summed E-state index contributed by atoms with van der Waals surface area (Å²) in [6, 6.07) is 9.20. The van der Waals surface area contributed by atoms with Crippen LogP contribution in [-0.4, -0.2) is 39.9 Å². The first kappa shape index (κ1) is 15.3. The van der Waals surface area contributed by atoms with E-state index in [0.717, 1.165) is 10.5 Å². The van der Waals surface area contributed by atoms with Crippen LogP contribution in [0.25, 0.3) is 0 Å². The Balaban J connectivity index is 2.14. The number of amides is 1. The third kappa shape index (κ3) is 2.85. The van der Waals surface area contributed by atoms with Crippen molar-refractivity contribution in [1.29, 1.82) is 0 Å². The Morgan fingerprint density at radius 1 is 1.29 bits per heavy atom. The lowest BCUT2D eigenvalue weighted by atomic mass is 10.0. The zero-order valence-corrected chi connectivity index (χ0v) is 12.3. The van der Waals surface area contributed by atoms with E-state index in [4.69, 9.17) is 9.47 Å². The lowest BCUT2D eigenvalue weighted by Gasteiger charge is -2.36. The highest BCUT2D eigenvalue weighted by Crippen LogP contribution is 2.35. The molecule has 0 radical (unpaired) electrons. The van der Waals surface area contributed by atoms with Crippen molar-refractivity contribution < 1.29 is 24.2 Å². The van der Waals surface area contributed by atoms with Gasteiger partial charge >= 0.3 is 12.1 Å². The first-order valence-corrected chi connectivity index (χ1v) is 6.66. The molecular formula is C15H19NO5. The SMILES string of the molecule is CC1(C)OC[C@@](C)(C(=O)O)N1C(=O)OCc1ccccc1. The van der Waals surface area contributed by atoms with Crippen molar-refractivity contribution in [3.05, 3.63) is 35.9 Å². The number of carboxylic acid groups (broad SMARTS) is 1. The molecule has 21 heavy (non-hydrogen) atoms. The van der Waals surface area contributed by atoms with Gasteiger partial charge in [0.15, 0.2) is 5.54 Å². The van der Waals surface area contributed by atoms with Gasteiger partial charge in [0.1, 0.15) is 12.3 Å². The summed E-state index contributed by atoms with van der Waals surface area (Å²) in [6.45, 7) is 4.75. The number of carboxylic acids is 1. The summed E-state index contributed by atoms with van der Waals surface area (Å²) in [4.78, 5) is 24.9. The standard InChI is InChI=1S/C15H19NO5/c1-14(2)16(15(3,10-21-14)12(17)18)13(19)20-9-11-7-5-4-6-8-11/h4-8H,9-10H2,1-3H3,(H,17,18)/t15-/m0/s1. The van der Waals surface area contributed by atoms with Crippen molar-refractivity contribution >= 4 is 12.1 Å². The van der Waals surface area contributed by atoms with Gasteiger partial charge in [-0.05, 0) is 26.3 Å². The fraction of sp³-hybridized carbons (Fsp3) is 0.467. The fourth-order valence-electron chi connectivity index (χ4n) is 2.40. The smallest absolute Gasteiger partial charge is 0.413 e. The number of aliphatic carboxylic acids is 1. The minimum absolute atomic E-state index is 0.0736.